The van der Waals surface area contributed by atoms with Gasteiger partial charge in [0.1, 0.15) is 5.82 Å². The Kier molecular flexibility index (Phi) is 4.41. The van der Waals surface area contributed by atoms with E-state index in [-0.39, 0.29) is 15.7 Å². The molecular formula is C15H13BrClF. The summed E-state index contributed by atoms with van der Waals surface area (Å²) in [4.78, 5) is 0.0292. The molecule has 2 rings (SSSR count). The first-order valence-corrected chi connectivity index (χ1v) is 7.09. The van der Waals surface area contributed by atoms with Crippen molar-refractivity contribution in [1.82, 2.24) is 0 Å². The van der Waals surface area contributed by atoms with Crippen molar-refractivity contribution < 1.29 is 4.39 Å². The molecule has 0 radical (unpaired) electrons. The third-order valence-electron chi connectivity index (χ3n) is 2.92. The molecule has 0 aromatic heterocycles. The maximum atomic E-state index is 13.1. The predicted octanol–water partition coefficient (Wildman–Crippen LogP) is 5.53. The summed E-state index contributed by atoms with van der Waals surface area (Å²) in [6, 6.07) is 13.2. The normalized spacial score (nSPS) is 12.4. The molecule has 0 aliphatic carbocycles. The van der Waals surface area contributed by atoms with Gasteiger partial charge in [-0.3, -0.25) is 0 Å². The van der Waals surface area contributed by atoms with Crippen molar-refractivity contribution >= 4 is 27.5 Å². The predicted molar refractivity (Wildman–Crippen MR) is 78.0 cm³/mol. The van der Waals surface area contributed by atoms with Crippen LogP contribution in [0, 0.1) is 5.82 Å². The Morgan fingerprint density at radius 2 is 1.72 bits per heavy atom. The van der Waals surface area contributed by atoms with Crippen molar-refractivity contribution in [2.24, 2.45) is 0 Å². The molecule has 3 heteroatoms. The van der Waals surface area contributed by atoms with Crippen molar-refractivity contribution in [3.63, 3.8) is 0 Å². The van der Waals surface area contributed by atoms with E-state index in [1.165, 1.54) is 11.6 Å². The van der Waals surface area contributed by atoms with Crippen molar-refractivity contribution in [2.75, 3.05) is 0 Å². The second-order valence-electron chi connectivity index (χ2n) is 4.13. The molecule has 2 aromatic rings. The maximum Gasteiger partial charge on any atom is 0.141 e. The fourth-order valence-corrected chi connectivity index (χ4v) is 2.56. The summed E-state index contributed by atoms with van der Waals surface area (Å²) < 4.78 is 13.1. The lowest BCUT2D eigenvalue weighted by atomic mass is 10.0. The van der Waals surface area contributed by atoms with Gasteiger partial charge in [-0.1, -0.05) is 64.8 Å². The van der Waals surface area contributed by atoms with Gasteiger partial charge >= 0.3 is 0 Å². The summed E-state index contributed by atoms with van der Waals surface area (Å²) in [6.45, 7) is 2.13. The number of hydrogen-bond donors (Lipinski definition) is 0. The number of benzene rings is 2. The molecule has 1 unspecified atom stereocenters. The third-order valence-corrected chi connectivity index (χ3v) is 4.26. The van der Waals surface area contributed by atoms with Gasteiger partial charge in [0, 0.05) is 0 Å². The molecule has 0 heterocycles. The highest BCUT2D eigenvalue weighted by molar-refractivity contribution is 9.09. The van der Waals surface area contributed by atoms with E-state index >= 15 is 0 Å². The smallest absolute Gasteiger partial charge is 0.141 e. The minimum atomic E-state index is -0.388. The average Bonchev–Trinajstić information content (AvgIpc) is 2.41. The van der Waals surface area contributed by atoms with Gasteiger partial charge in [-0.15, -0.1) is 0 Å². The van der Waals surface area contributed by atoms with E-state index in [9.17, 15) is 4.39 Å². The molecule has 1 atom stereocenters. The van der Waals surface area contributed by atoms with Crippen LogP contribution >= 0.6 is 27.5 Å². The highest BCUT2D eigenvalue weighted by atomic mass is 79.9. The molecule has 0 spiro atoms. The number of alkyl halides is 1. The molecule has 0 aliphatic heterocycles. The Morgan fingerprint density at radius 1 is 1.11 bits per heavy atom. The lowest BCUT2D eigenvalue weighted by Gasteiger charge is -2.12. The van der Waals surface area contributed by atoms with Crippen LogP contribution in [0.3, 0.4) is 0 Å². The second-order valence-corrected chi connectivity index (χ2v) is 5.45. The highest BCUT2D eigenvalue weighted by Crippen LogP contribution is 2.32. The Balaban J connectivity index is 2.28. The van der Waals surface area contributed by atoms with Gasteiger partial charge in [-0.25, -0.2) is 4.39 Å². The van der Waals surface area contributed by atoms with Gasteiger partial charge < -0.3 is 0 Å². The van der Waals surface area contributed by atoms with Crippen LogP contribution in [-0.4, -0.2) is 0 Å². The van der Waals surface area contributed by atoms with Gasteiger partial charge in [-0.2, -0.15) is 0 Å². The number of halogens is 3. The summed E-state index contributed by atoms with van der Waals surface area (Å²) >= 11 is 9.42. The lowest BCUT2D eigenvalue weighted by molar-refractivity contribution is 0.627. The Bertz CT molecular complexity index is 537. The average molecular weight is 328 g/mol. The van der Waals surface area contributed by atoms with Gasteiger partial charge in [0.25, 0.3) is 0 Å². The van der Waals surface area contributed by atoms with E-state index in [1.807, 2.05) is 0 Å². The maximum absolute atomic E-state index is 13.1. The molecule has 0 saturated heterocycles. The fraction of sp³-hybridized carbons (Fsp3) is 0.200. The second kappa shape index (κ2) is 5.85. The molecule has 0 fully saturated rings. The van der Waals surface area contributed by atoms with Gasteiger partial charge in [0.15, 0.2) is 0 Å². The Hall–Kier alpha value is -0.860. The molecule has 0 saturated carbocycles. The zero-order chi connectivity index (χ0) is 13.1. The first-order chi connectivity index (χ1) is 8.61. The van der Waals surface area contributed by atoms with Crippen molar-refractivity contribution in [3.8, 4) is 0 Å². The minimum absolute atomic E-state index is 0.0292. The SMILES string of the molecule is CCc1ccc(C(Br)c2ccc(F)c(Cl)c2)cc1. The molecule has 18 heavy (non-hydrogen) atoms. The summed E-state index contributed by atoms with van der Waals surface area (Å²) in [5, 5.41) is 0.155. The topological polar surface area (TPSA) is 0 Å². The minimum Gasteiger partial charge on any atom is -0.205 e. The van der Waals surface area contributed by atoms with Crippen LogP contribution in [0.2, 0.25) is 5.02 Å². The molecule has 94 valence electrons. The standard InChI is InChI=1S/C15H13BrClF/c1-2-10-3-5-11(6-4-10)15(16)12-7-8-14(18)13(17)9-12/h3-9,15H,2H2,1H3. The molecular weight excluding hydrogens is 315 g/mol. The van der Waals surface area contributed by atoms with E-state index < -0.39 is 0 Å². The van der Waals surface area contributed by atoms with E-state index in [0.29, 0.717) is 0 Å². The van der Waals surface area contributed by atoms with Crippen LogP contribution in [0.1, 0.15) is 28.4 Å². The number of hydrogen-bond acceptors (Lipinski definition) is 0. The summed E-state index contributed by atoms with van der Waals surface area (Å²) in [7, 11) is 0. The first-order valence-electron chi connectivity index (χ1n) is 5.79. The molecule has 0 N–H and O–H groups in total. The van der Waals surface area contributed by atoms with Crippen molar-refractivity contribution in [1.29, 1.82) is 0 Å². The van der Waals surface area contributed by atoms with Crippen LogP contribution in [-0.2, 0) is 6.42 Å². The van der Waals surface area contributed by atoms with Crippen LogP contribution < -0.4 is 0 Å². The van der Waals surface area contributed by atoms with Crippen LogP contribution in [0.15, 0.2) is 42.5 Å². The van der Waals surface area contributed by atoms with Gasteiger partial charge in [0.2, 0.25) is 0 Å². The number of rotatable bonds is 3. The van der Waals surface area contributed by atoms with E-state index in [0.717, 1.165) is 17.5 Å². The molecule has 2 aromatic carbocycles. The van der Waals surface area contributed by atoms with Crippen molar-refractivity contribution in [2.45, 2.75) is 18.2 Å². The monoisotopic (exact) mass is 326 g/mol. The Labute approximate surface area is 120 Å². The summed E-state index contributed by atoms with van der Waals surface area (Å²) in [5.74, 6) is -0.388. The first kappa shape index (κ1) is 13.6. The van der Waals surface area contributed by atoms with Crippen LogP contribution in [0.4, 0.5) is 4.39 Å². The zero-order valence-corrected chi connectivity index (χ0v) is 12.3. The fourth-order valence-electron chi connectivity index (χ4n) is 1.78. The largest absolute Gasteiger partial charge is 0.205 e. The summed E-state index contributed by atoms with van der Waals surface area (Å²) in [5.41, 5.74) is 3.39. The zero-order valence-electron chi connectivity index (χ0n) is 9.96. The third kappa shape index (κ3) is 2.93. The molecule has 0 nitrogen and oxygen atoms in total. The van der Waals surface area contributed by atoms with Gasteiger partial charge in [-0.05, 0) is 35.2 Å². The lowest BCUT2D eigenvalue weighted by Crippen LogP contribution is -1.94. The van der Waals surface area contributed by atoms with E-state index in [2.05, 4.69) is 47.1 Å². The number of aryl methyl sites for hydroxylation is 1. The molecule has 0 bridgehead atoms. The quantitative estimate of drug-likeness (QED) is 0.651. The van der Waals surface area contributed by atoms with Crippen LogP contribution in [0.5, 0.6) is 0 Å². The van der Waals surface area contributed by atoms with E-state index in [1.54, 1.807) is 12.1 Å². The van der Waals surface area contributed by atoms with Crippen molar-refractivity contribution in [3.05, 3.63) is 70.0 Å². The summed E-state index contributed by atoms with van der Waals surface area (Å²) in [6.07, 6.45) is 1.02. The van der Waals surface area contributed by atoms with Crippen LogP contribution in [0.25, 0.3) is 0 Å². The highest BCUT2D eigenvalue weighted by Gasteiger charge is 2.12. The molecule has 0 aliphatic rings. The Morgan fingerprint density at radius 3 is 2.28 bits per heavy atom. The molecule has 0 amide bonds. The van der Waals surface area contributed by atoms with Gasteiger partial charge in [0.05, 0.1) is 9.85 Å². The van der Waals surface area contributed by atoms with E-state index in [4.69, 9.17) is 11.6 Å².